The van der Waals surface area contributed by atoms with Crippen molar-refractivity contribution in [3.63, 3.8) is 0 Å². The molecule has 0 radical (unpaired) electrons. The van der Waals surface area contributed by atoms with Gasteiger partial charge in [-0.15, -0.1) is 0 Å². The number of hydrazine groups is 1. The number of nitrogens with zero attached hydrogens (tertiary/aromatic N) is 1. The van der Waals surface area contributed by atoms with E-state index in [4.69, 9.17) is 5.73 Å². The second-order valence-corrected chi connectivity index (χ2v) is 5.21. The van der Waals surface area contributed by atoms with E-state index < -0.39 is 17.3 Å². The highest BCUT2D eigenvalue weighted by molar-refractivity contribution is 5.91. The Kier molecular flexibility index (Phi) is 3.78. The number of halogens is 1. The van der Waals surface area contributed by atoms with E-state index in [9.17, 15) is 14.3 Å². The smallest absolute Gasteiger partial charge is 0.337 e. The molecule has 1 aromatic carbocycles. The Labute approximate surface area is 122 Å². The maximum absolute atomic E-state index is 13.1. The molecule has 0 aromatic heterocycles. The molecule has 0 spiro atoms. The molecule has 7 heteroatoms. The molecule has 0 bridgehead atoms. The van der Waals surface area contributed by atoms with Crippen molar-refractivity contribution in [3.8, 4) is 0 Å². The number of benzene rings is 1. The lowest BCUT2D eigenvalue weighted by molar-refractivity contribution is -0.133. The summed E-state index contributed by atoms with van der Waals surface area (Å²) in [6, 6.07) is 3.92. The second kappa shape index (κ2) is 5.25. The first kappa shape index (κ1) is 15.1. The summed E-state index contributed by atoms with van der Waals surface area (Å²) in [5, 5.41) is 14.2. The molecule has 1 heterocycles. The molecule has 114 valence electrons. The summed E-state index contributed by atoms with van der Waals surface area (Å²) in [6.07, 6.45) is 0.613. The summed E-state index contributed by atoms with van der Waals surface area (Å²) in [4.78, 5) is 11.6. The molecule has 1 atom stereocenters. The van der Waals surface area contributed by atoms with Crippen LogP contribution in [0.5, 0.6) is 0 Å². The normalized spacial score (nSPS) is 22.3. The van der Waals surface area contributed by atoms with Gasteiger partial charge in [-0.25, -0.2) is 14.2 Å². The van der Waals surface area contributed by atoms with E-state index in [-0.39, 0.29) is 11.3 Å². The van der Waals surface area contributed by atoms with Crippen LogP contribution in [0, 0.1) is 5.82 Å². The molecule has 1 aromatic rings. The van der Waals surface area contributed by atoms with Crippen LogP contribution in [0.25, 0.3) is 0 Å². The average molecular weight is 294 g/mol. The lowest BCUT2D eigenvalue weighted by atomic mass is 9.89. The molecular weight excluding hydrogens is 275 g/mol. The Hall–Kier alpha value is -2.28. The summed E-state index contributed by atoms with van der Waals surface area (Å²) in [6.45, 7) is 3.75. The third-order valence-electron chi connectivity index (χ3n) is 3.98. The van der Waals surface area contributed by atoms with Crippen molar-refractivity contribution in [2.24, 2.45) is 0 Å². The third kappa shape index (κ3) is 2.52. The summed E-state index contributed by atoms with van der Waals surface area (Å²) < 4.78 is 13.1. The van der Waals surface area contributed by atoms with Crippen molar-refractivity contribution in [1.82, 2.24) is 10.4 Å². The Morgan fingerprint density at radius 3 is 2.76 bits per heavy atom. The van der Waals surface area contributed by atoms with Gasteiger partial charge in [-0.05, 0) is 31.5 Å². The van der Waals surface area contributed by atoms with Crippen molar-refractivity contribution >= 4 is 17.3 Å². The Bertz CT molecular complexity index is 617. The molecule has 1 unspecified atom stereocenters. The number of nitrogens with two attached hydrogens (primary N) is 1. The largest absolute Gasteiger partial charge is 0.478 e. The van der Waals surface area contributed by atoms with Crippen LogP contribution in [-0.2, 0) is 4.79 Å². The standard InChI is InChI=1S/C14H19FN4O2/c1-4-14(2)11(13(20)21)12(18-19(14)3)17-10-6-5-8(15)7-9(10)16/h5-7,17-18H,4,16H2,1-3H3,(H,20,21). The maximum atomic E-state index is 13.1. The number of likely N-dealkylation sites (N-methyl/N-ethyl adjacent to an activating group) is 1. The Morgan fingerprint density at radius 1 is 1.57 bits per heavy atom. The minimum atomic E-state index is -1.01. The zero-order chi connectivity index (χ0) is 15.8. The molecule has 2 rings (SSSR count). The molecule has 0 saturated heterocycles. The SMILES string of the molecule is CCC1(C)C(C(=O)O)=C(Nc2ccc(F)cc2N)NN1C. The Balaban J connectivity index is 2.43. The third-order valence-corrected chi connectivity index (χ3v) is 3.98. The van der Waals surface area contributed by atoms with Crippen LogP contribution >= 0.6 is 0 Å². The Morgan fingerprint density at radius 2 is 2.24 bits per heavy atom. The van der Waals surface area contributed by atoms with Gasteiger partial charge in [-0.2, -0.15) is 0 Å². The molecule has 6 nitrogen and oxygen atoms in total. The molecule has 5 N–H and O–H groups in total. The van der Waals surface area contributed by atoms with E-state index >= 15 is 0 Å². The highest BCUT2D eigenvalue weighted by Gasteiger charge is 2.44. The predicted molar refractivity (Wildman–Crippen MR) is 78.7 cm³/mol. The molecule has 0 saturated carbocycles. The lowest BCUT2D eigenvalue weighted by Crippen LogP contribution is -2.46. The van der Waals surface area contributed by atoms with E-state index in [1.54, 1.807) is 12.1 Å². The minimum Gasteiger partial charge on any atom is -0.478 e. The van der Waals surface area contributed by atoms with Gasteiger partial charge in [0, 0.05) is 7.05 Å². The molecule has 0 aliphatic carbocycles. The van der Waals surface area contributed by atoms with Crippen LogP contribution in [0.15, 0.2) is 29.6 Å². The van der Waals surface area contributed by atoms with Gasteiger partial charge in [0.25, 0.3) is 0 Å². The van der Waals surface area contributed by atoms with Gasteiger partial charge in [0.05, 0.1) is 16.9 Å². The van der Waals surface area contributed by atoms with Crippen LogP contribution in [0.3, 0.4) is 0 Å². The zero-order valence-corrected chi connectivity index (χ0v) is 12.2. The van der Waals surface area contributed by atoms with Gasteiger partial charge in [0.1, 0.15) is 17.2 Å². The van der Waals surface area contributed by atoms with Crippen molar-refractivity contribution in [2.75, 3.05) is 18.1 Å². The quantitative estimate of drug-likeness (QED) is 0.632. The summed E-state index contributed by atoms with van der Waals surface area (Å²) >= 11 is 0. The summed E-state index contributed by atoms with van der Waals surface area (Å²) in [5.74, 6) is -1.12. The first-order valence-electron chi connectivity index (χ1n) is 6.60. The number of carboxylic acid groups (broad SMARTS) is 1. The van der Waals surface area contributed by atoms with Crippen LogP contribution in [-0.4, -0.2) is 28.7 Å². The molecule has 0 amide bonds. The number of carboxylic acids is 1. The van der Waals surface area contributed by atoms with Crippen molar-refractivity contribution in [1.29, 1.82) is 0 Å². The highest BCUT2D eigenvalue weighted by atomic mass is 19.1. The number of nitrogens with one attached hydrogen (secondary N) is 2. The summed E-state index contributed by atoms with van der Waals surface area (Å²) in [7, 11) is 1.77. The first-order valence-corrected chi connectivity index (χ1v) is 6.60. The van der Waals surface area contributed by atoms with Crippen LogP contribution in [0.4, 0.5) is 15.8 Å². The van der Waals surface area contributed by atoms with E-state index in [2.05, 4.69) is 10.7 Å². The molecule has 1 aliphatic rings. The molecule has 1 aliphatic heterocycles. The number of hydrogen-bond donors (Lipinski definition) is 4. The monoisotopic (exact) mass is 294 g/mol. The fraction of sp³-hybridized carbons (Fsp3) is 0.357. The van der Waals surface area contributed by atoms with Gasteiger partial charge in [-0.3, -0.25) is 0 Å². The maximum Gasteiger partial charge on any atom is 0.337 e. The van der Waals surface area contributed by atoms with Gasteiger partial charge < -0.3 is 21.6 Å². The lowest BCUT2D eigenvalue weighted by Gasteiger charge is -2.31. The van der Waals surface area contributed by atoms with Gasteiger partial charge >= 0.3 is 5.97 Å². The first-order chi connectivity index (χ1) is 9.79. The van der Waals surface area contributed by atoms with E-state index in [1.165, 1.54) is 18.2 Å². The molecule has 21 heavy (non-hydrogen) atoms. The van der Waals surface area contributed by atoms with E-state index in [0.717, 1.165) is 0 Å². The number of hydrogen-bond acceptors (Lipinski definition) is 5. The second-order valence-electron chi connectivity index (χ2n) is 5.21. The number of anilines is 2. The van der Waals surface area contributed by atoms with Crippen LogP contribution in [0.2, 0.25) is 0 Å². The minimum absolute atomic E-state index is 0.210. The number of rotatable bonds is 4. The topological polar surface area (TPSA) is 90.6 Å². The van der Waals surface area contributed by atoms with Crippen LogP contribution in [0.1, 0.15) is 20.3 Å². The number of carbonyl (C=O) groups is 1. The van der Waals surface area contributed by atoms with Crippen LogP contribution < -0.4 is 16.5 Å². The fourth-order valence-corrected chi connectivity index (χ4v) is 2.41. The number of nitrogen functional groups attached to an aromatic ring is 1. The van der Waals surface area contributed by atoms with Gasteiger partial charge in [0.15, 0.2) is 0 Å². The van der Waals surface area contributed by atoms with Crippen molar-refractivity contribution in [3.05, 3.63) is 35.4 Å². The zero-order valence-electron chi connectivity index (χ0n) is 12.2. The summed E-state index contributed by atoms with van der Waals surface area (Å²) in [5.41, 5.74) is 8.96. The molecule has 0 fully saturated rings. The van der Waals surface area contributed by atoms with Crippen molar-refractivity contribution in [2.45, 2.75) is 25.8 Å². The van der Waals surface area contributed by atoms with Gasteiger partial charge in [-0.1, -0.05) is 6.92 Å². The fourth-order valence-electron chi connectivity index (χ4n) is 2.41. The highest BCUT2D eigenvalue weighted by Crippen LogP contribution is 2.34. The molecular formula is C14H19FN4O2. The van der Waals surface area contributed by atoms with E-state index in [1.807, 2.05) is 13.8 Å². The number of aliphatic carboxylic acids is 1. The average Bonchev–Trinajstić information content (AvgIpc) is 2.65. The predicted octanol–water partition coefficient (Wildman–Crippen LogP) is 1.73. The van der Waals surface area contributed by atoms with Crippen molar-refractivity contribution < 1.29 is 14.3 Å². The van der Waals surface area contributed by atoms with Gasteiger partial charge in [0.2, 0.25) is 0 Å². The van der Waals surface area contributed by atoms with E-state index in [0.29, 0.717) is 17.9 Å².